The van der Waals surface area contributed by atoms with Crippen LogP contribution in [0.3, 0.4) is 0 Å². The van der Waals surface area contributed by atoms with Gasteiger partial charge in [0.05, 0.1) is 6.10 Å². The largest absolute Gasteiger partial charge is 0.388 e. The summed E-state index contributed by atoms with van der Waals surface area (Å²) in [6.07, 6.45) is 0.470. The standard InChI is InChI=1S/C16H27NO/c1-6-17(7-2)9-8-15(18)16-13(4)10-12(3)11-14(16)5/h10-11,15,18H,6-9H2,1-5H3. The highest BCUT2D eigenvalue weighted by Crippen LogP contribution is 2.25. The van der Waals surface area contributed by atoms with Gasteiger partial charge in [0, 0.05) is 6.54 Å². The topological polar surface area (TPSA) is 23.5 Å². The van der Waals surface area contributed by atoms with Crippen LogP contribution >= 0.6 is 0 Å². The lowest BCUT2D eigenvalue weighted by molar-refractivity contribution is 0.144. The Morgan fingerprint density at radius 1 is 1.06 bits per heavy atom. The molecule has 0 aliphatic heterocycles. The second-order valence-electron chi connectivity index (χ2n) is 5.14. The highest BCUT2D eigenvalue weighted by molar-refractivity contribution is 5.38. The third-order valence-corrected chi connectivity index (χ3v) is 3.68. The van der Waals surface area contributed by atoms with Gasteiger partial charge in [0.1, 0.15) is 0 Å². The van der Waals surface area contributed by atoms with E-state index in [1.807, 2.05) is 0 Å². The maximum absolute atomic E-state index is 10.4. The molecule has 0 saturated carbocycles. The fraction of sp³-hybridized carbons (Fsp3) is 0.625. The third-order valence-electron chi connectivity index (χ3n) is 3.68. The van der Waals surface area contributed by atoms with E-state index >= 15 is 0 Å². The molecule has 0 amide bonds. The van der Waals surface area contributed by atoms with Gasteiger partial charge < -0.3 is 10.0 Å². The van der Waals surface area contributed by atoms with E-state index in [4.69, 9.17) is 0 Å². The molecule has 0 heterocycles. The summed E-state index contributed by atoms with van der Waals surface area (Å²) in [6.45, 7) is 13.7. The summed E-state index contributed by atoms with van der Waals surface area (Å²) in [6, 6.07) is 4.31. The number of aliphatic hydroxyl groups is 1. The van der Waals surface area contributed by atoms with Gasteiger partial charge in [-0.25, -0.2) is 0 Å². The molecule has 0 aliphatic carbocycles. The maximum Gasteiger partial charge on any atom is 0.0807 e. The molecule has 18 heavy (non-hydrogen) atoms. The molecule has 1 unspecified atom stereocenters. The first kappa shape index (κ1) is 15.2. The first-order chi connectivity index (χ1) is 8.49. The molecular formula is C16H27NO. The van der Waals surface area contributed by atoms with Crippen LogP contribution in [0.4, 0.5) is 0 Å². The van der Waals surface area contributed by atoms with Crippen LogP contribution in [0.15, 0.2) is 12.1 Å². The van der Waals surface area contributed by atoms with Gasteiger partial charge in [-0.1, -0.05) is 31.5 Å². The van der Waals surface area contributed by atoms with Gasteiger partial charge in [0.25, 0.3) is 0 Å². The Morgan fingerprint density at radius 3 is 2.00 bits per heavy atom. The first-order valence-corrected chi connectivity index (χ1v) is 6.97. The van der Waals surface area contributed by atoms with Crippen LogP contribution in [-0.4, -0.2) is 29.6 Å². The fourth-order valence-corrected chi connectivity index (χ4v) is 2.71. The summed E-state index contributed by atoms with van der Waals surface area (Å²) in [5.41, 5.74) is 4.80. The smallest absolute Gasteiger partial charge is 0.0807 e. The van der Waals surface area contributed by atoms with E-state index in [9.17, 15) is 5.11 Å². The van der Waals surface area contributed by atoms with Gasteiger partial charge in [-0.05, 0) is 57.0 Å². The summed E-state index contributed by atoms with van der Waals surface area (Å²) < 4.78 is 0. The van der Waals surface area contributed by atoms with Gasteiger partial charge in [-0.2, -0.15) is 0 Å². The van der Waals surface area contributed by atoms with Crippen molar-refractivity contribution in [1.29, 1.82) is 0 Å². The molecule has 0 spiro atoms. The van der Waals surface area contributed by atoms with Gasteiger partial charge in [-0.3, -0.25) is 0 Å². The number of rotatable bonds is 6. The Balaban J connectivity index is 2.75. The van der Waals surface area contributed by atoms with Crippen molar-refractivity contribution in [2.45, 2.75) is 47.1 Å². The van der Waals surface area contributed by atoms with Crippen LogP contribution in [0.25, 0.3) is 0 Å². The van der Waals surface area contributed by atoms with Gasteiger partial charge in [-0.15, -0.1) is 0 Å². The van der Waals surface area contributed by atoms with Crippen molar-refractivity contribution in [3.05, 3.63) is 34.4 Å². The molecule has 2 heteroatoms. The molecule has 2 nitrogen and oxygen atoms in total. The number of aliphatic hydroxyl groups excluding tert-OH is 1. The van der Waals surface area contributed by atoms with Crippen LogP contribution in [0.2, 0.25) is 0 Å². The number of nitrogens with zero attached hydrogens (tertiary/aromatic N) is 1. The second kappa shape index (κ2) is 6.91. The summed E-state index contributed by atoms with van der Waals surface area (Å²) in [4.78, 5) is 2.35. The molecule has 1 aromatic carbocycles. The zero-order valence-corrected chi connectivity index (χ0v) is 12.5. The lowest BCUT2D eigenvalue weighted by Crippen LogP contribution is -2.25. The molecule has 0 saturated heterocycles. The van der Waals surface area contributed by atoms with E-state index < -0.39 is 0 Å². The molecule has 0 fully saturated rings. The molecule has 1 atom stereocenters. The van der Waals surface area contributed by atoms with E-state index in [1.165, 1.54) is 16.7 Å². The summed E-state index contributed by atoms with van der Waals surface area (Å²) in [5.74, 6) is 0. The molecule has 102 valence electrons. The monoisotopic (exact) mass is 249 g/mol. The number of hydrogen-bond donors (Lipinski definition) is 1. The predicted octanol–water partition coefficient (Wildman–Crippen LogP) is 3.38. The fourth-order valence-electron chi connectivity index (χ4n) is 2.71. The van der Waals surface area contributed by atoms with Crippen LogP contribution in [0.5, 0.6) is 0 Å². The Labute approximate surface area is 112 Å². The zero-order chi connectivity index (χ0) is 13.7. The maximum atomic E-state index is 10.4. The van der Waals surface area contributed by atoms with Gasteiger partial charge in [0.15, 0.2) is 0 Å². The van der Waals surface area contributed by atoms with Crippen molar-refractivity contribution in [3.8, 4) is 0 Å². The van der Waals surface area contributed by atoms with E-state index in [1.54, 1.807) is 0 Å². The van der Waals surface area contributed by atoms with Crippen LogP contribution < -0.4 is 0 Å². The molecule has 0 aromatic heterocycles. The Bertz CT molecular complexity index is 360. The molecular weight excluding hydrogens is 222 g/mol. The van der Waals surface area contributed by atoms with Crippen molar-refractivity contribution in [2.24, 2.45) is 0 Å². The SMILES string of the molecule is CCN(CC)CCC(O)c1c(C)cc(C)cc1C. The average molecular weight is 249 g/mol. The Kier molecular flexibility index (Phi) is 5.83. The molecule has 1 rings (SSSR count). The predicted molar refractivity (Wildman–Crippen MR) is 78.0 cm³/mol. The lowest BCUT2D eigenvalue weighted by atomic mass is 9.94. The second-order valence-corrected chi connectivity index (χ2v) is 5.14. The minimum absolute atomic E-state index is 0.341. The van der Waals surface area contributed by atoms with Gasteiger partial charge >= 0.3 is 0 Å². The highest BCUT2D eigenvalue weighted by atomic mass is 16.3. The quantitative estimate of drug-likeness (QED) is 0.835. The van der Waals surface area contributed by atoms with E-state index in [2.05, 4.69) is 51.7 Å². The Morgan fingerprint density at radius 2 is 1.56 bits per heavy atom. The van der Waals surface area contributed by atoms with E-state index in [0.29, 0.717) is 0 Å². The summed E-state index contributed by atoms with van der Waals surface area (Å²) >= 11 is 0. The molecule has 0 bridgehead atoms. The van der Waals surface area contributed by atoms with Crippen molar-refractivity contribution in [1.82, 2.24) is 4.90 Å². The molecule has 0 aliphatic rings. The van der Waals surface area contributed by atoms with Crippen LogP contribution in [0, 0.1) is 20.8 Å². The number of hydrogen-bond acceptors (Lipinski definition) is 2. The third kappa shape index (κ3) is 3.82. The minimum Gasteiger partial charge on any atom is -0.388 e. The summed E-state index contributed by atoms with van der Waals surface area (Å²) in [7, 11) is 0. The number of benzene rings is 1. The summed E-state index contributed by atoms with van der Waals surface area (Å²) in [5, 5.41) is 10.4. The van der Waals surface area contributed by atoms with Gasteiger partial charge in [0.2, 0.25) is 0 Å². The normalized spacial score (nSPS) is 13.1. The minimum atomic E-state index is -0.341. The first-order valence-electron chi connectivity index (χ1n) is 6.97. The molecule has 1 aromatic rings. The number of aryl methyl sites for hydroxylation is 3. The lowest BCUT2D eigenvalue weighted by Gasteiger charge is -2.22. The average Bonchev–Trinajstić information content (AvgIpc) is 2.28. The van der Waals surface area contributed by atoms with Crippen molar-refractivity contribution in [3.63, 3.8) is 0 Å². The molecule has 1 N–H and O–H groups in total. The van der Waals surface area contributed by atoms with Crippen LogP contribution in [0.1, 0.15) is 48.6 Å². The van der Waals surface area contributed by atoms with Crippen molar-refractivity contribution >= 4 is 0 Å². The molecule has 0 radical (unpaired) electrons. The van der Waals surface area contributed by atoms with E-state index in [0.717, 1.165) is 31.6 Å². The Hall–Kier alpha value is -0.860. The van der Waals surface area contributed by atoms with Crippen molar-refractivity contribution < 1.29 is 5.11 Å². The van der Waals surface area contributed by atoms with E-state index in [-0.39, 0.29) is 6.10 Å². The zero-order valence-electron chi connectivity index (χ0n) is 12.5. The van der Waals surface area contributed by atoms with Crippen molar-refractivity contribution in [2.75, 3.05) is 19.6 Å². The van der Waals surface area contributed by atoms with Crippen LogP contribution in [-0.2, 0) is 0 Å². The highest BCUT2D eigenvalue weighted by Gasteiger charge is 2.14.